The predicted molar refractivity (Wildman–Crippen MR) is 69.0 cm³/mol. The van der Waals surface area contributed by atoms with Crippen molar-refractivity contribution in [2.75, 3.05) is 5.32 Å². The van der Waals surface area contributed by atoms with Crippen LogP contribution in [0.1, 0.15) is 15.9 Å². The van der Waals surface area contributed by atoms with E-state index >= 15 is 0 Å². The highest BCUT2D eigenvalue weighted by Crippen LogP contribution is 2.06. The highest BCUT2D eigenvalue weighted by Gasteiger charge is 2.00. The monoisotopic (exact) mass is 257 g/mol. The predicted octanol–water partition coefficient (Wildman–Crippen LogP) is 0.555. The van der Waals surface area contributed by atoms with Gasteiger partial charge in [-0.25, -0.2) is 5.10 Å². The number of anilines is 1. The van der Waals surface area contributed by atoms with Gasteiger partial charge in [0.05, 0.1) is 0 Å². The van der Waals surface area contributed by atoms with Gasteiger partial charge in [-0.2, -0.15) is 10.1 Å². The zero-order chi connectivity index (χ0) is 13.7. The van der Waals surface area contributed by atoms with Crippen LogP contribution in [-0.2, 0) is 4.79 Å². The summed E-state index contributed by atoms with van der Waals surface area (Å²) in [6.07, 6.45) is 4.25. The molecule has 0 unspecified atom stereocenters. The number of aromatic nitrogens is 3. The Morgan fingerprint density at radius 3 is 2.58 bits per heavy atom. The van der Waals surface area contributed by atoms with Gasteiger partial charge in [0.15, 0.2) is 0 Å². The van der Waals surface area contributed by atoms with E-state index in [1.54, 1.807) is 30.3 Å². The van der Waals surface area contributed by atoms with Crippen LogP contribution in [0.4, 0.5) is 5.95 Å². The summed E-state index contributed by atoms with van der Waals surface area (Å²) >= 11 is 0. The van der Waals surface area contributed by atoms with Gasteiger partial charge >= 0.3 is 0 Å². The Hall–Kier alpha value is -2.96. The van der Waals surface area contributed by atoms with Gasteiger partial charge in [-0.05, 0) is 23.8 Å². The lowest BCUT2D eigenvalue weighted by Gasteiger charge is -1.97. The molecule has 0 saturated heterocycles. The van der Waals surface area contributed by atoms with Crippen LogP contribution in [0.25, 0.3) is 6.08 Å². The van der Waals surface area contributed by atoms with Crippen LogP contribution < -0.4 is 11.1 Å². The number of nitrogens with one attached hydrogen (secondary N) is 2. The van der Waals surface area contributed by atoms with E-state index in [-0.39, 0.29) is 11.9 Å². The summed E-state index contributed by atoms with van der Waals surface area (Å²) in [5, 5.41) is 8.60. The highest BCUT2D eigenvalue weighted by molar-refractivity contribution is 6.01. The van der Waals surface area contributed by atoms with Crippen LogP contribution in [0, 0.1) is 0 Å². The van der Waals surface area contributed by atoms with Crippen molar-refractivity contribution in [3.8, 4) is 0 Å². The topological polar surface area (TPSA) is 114 Å². The molecule has 1 heterocycles. The fourth-order valence-corrected chi connectivity index (χ4v) is 1.35. The number of hydrogen-bond acceptors (Lipinski definition) is 4. The number of amides is 2. The van der Waals surface area contributed by atoms with Gasteiger partial charge in [0.1, 0.15) is 6.33 Å². The molecule has 0 atom stereocenters. The summed E-state index contributed by atoms with van der Waals surface area (Å²) in [6.45, 7) is 0. The molecular weight excluding hydrogens is 246 g/mol. The smallest absolute Gasteiger partial charge is 0.250 e. The molecule has 7 nitrogen and oxygen atoms in total. The number of aromatic amines is 1. The van der Waals surface area contributed by atoms with E-state index in [0.717, 1.165) is 5.56 Å². The summed E-state index contributed by atoms with van der Waals surface area (Å²) in [4.78, 5) is 26.1. The third kappa shape index (κ3) is 3.50. The van der Waals surface area contributed by atoms with Crippen molar-refractivity contribution in [2.45, 2.75) is 0 Å². The number of nitrogens with two attached hydrogens (primary N) is 1. The lowest BCUT2D eigenvalue weighted by molar-refractivity contribution is -0.111. The maximum absolute atomic E-state index is 11.5. The third-order valence-corrected chi connectivity index (χ3v) is 2.28. The van der Waals surface area contributed by atoms with Crippen LogP contribution >= 0.6 is 0 Å². The molecule has 0 saturated carbocycles. The van der Waals surface area contributed by atoms with Crippen molar-refractivity contribution in [3.63, 3.8) is 0 Å². The molecule has 0 radical (unpaired) electrons. The van der Waals surface area contributed by atoms with Crippen molar-refractivity contribution >= 4 is 23.8 Å². The van der Waals surface area contributed by atoms with Crippen molar-refractivity contribution in [1.29, 1.82) is 0 Å². The summed E-state index contributed by atoms with van der Waals surface area (Å²) in [5.74, 6) is -0.548. The molecule has 2 rings (SSSR count). The van der Waals surface area contributed by atoms with Gasteiger partial charge in [0, 0.05) is 11.6 Å². The third-order valence-electron chi connectivity index (χ3n) is 2.28. The van der Waals surface area contributed by atoms with Crippen LogP contribution in [-0.4, -0.2) is 27.0 Å². The van der Waals surface area contributed by atoms with Crippen molar-refractivity contribution in [1.82, 2.24) is 15.2 Å². The summed E-state index contributed by atoms with van der Waals surface area (Å²) < 4.78 is 0. The van der Waals surface area contributed by atoms with E-state index in [4.69, 9.17) is 5.73 Å². The fraction of sp³-hybridized carbons (Fsp3) is 0. The maximum atomic E-state index is 11.5. The number of carbonyl (C=O) groups excluding carboxylic acids is 2. The molecule has 0 fully saturated rings. The molecule has 7 heteroatoms. The van der Waals surface area contributed by atoms with Crippen molar-refractivity contribution in [3.05, 3.63) is 47.8 Å². The lowest BCUT2D eigenvalue weighted by Crippen LogP contribution is -2.10. The van der Waals surface area contributed by atoms with E-state index in [9.17, 15) is 9.59 Å². The second-order valence-corrected chi connectivity index (χ2v) is 3.64. The van der Waals surface area contributed by atoms with E-state index < -0.39 is 5.91 Å². The molecule has 2 aromatic rings. The summed E-state index contributed by atoms with van der Waals surface area (Å²) in [5.41, 5.74) is 6.32. The fourth-order valence-electron chi connectivity index (χ4n) is 1.35. The van der Waals surface area contributed by atoms with Gasteiger partial charge in [-0.15, -0.1) is 0 Å². The van der Waals surface area contributed by atoms with E-state index in [2.05, 4.69) is 20.5 Å². The van der Waals surface area contributed by atoms with Crippen molar-refractivity contribution < 1.29 is 9.59 Å². The first-order valence-corrected chi connectivity index (χ1v) is 5.39. The molecular formula is C12H11N5O2. The minimum absolute atomic E-state index is 0.277. The second-order valence-electron chi connectivity index (χ2n) is 3.64. The van der Waals surface area contributed by atoms with Crippen LogP contribution in [0.2, 0.25) is 0 Å². The Morgan fingerprint density at radius 2 is 2.00 bits per heavy atom. The Balaban J connectivity index is 1.98. The van der Waals surface area contributed by atoms with Gasteiger partial charge in [-0.3, -0.25) is 14.9 Å². The largest absolute Gasteiger partial charge is 0.366 e. The molecule has 0 aliphatic heterocycles. The summed E-state index contributed by atoms with van der Waals surface area (Å²) in [6, 6.07) is 6.57. The standard InChI is InChI=1S/C12H11N5O2/c13-11(19)9-4-1-8(2-5-9)3-6-10(18)16-12-14-7-15-17-12/h1-7H,(H2,13,19)(H2,14,15,16,17,18)/b6-3+. The molecule has 2 amide bonds. The zero-order valence-electron chi connectivity index (χ0n) is 9.83. The zero-order valence-corrected chi connectivity index (χ0v) is 9.83. The van der Waals surface area contributed by atoms with Gasteiger partial charge in [-0.1, -0.05) is 12.1 Å². The van der Waals surface area contributed by atoms with Crippen LogP contribution in [0.5, 0.6) is 0 Å². The van der Waals surface area contributed by atoms with Gasteiger partial charge in [0.25, 0.3) is 5.91 Å². The second kappa shape index (κ2) is 5.58. The maximum Gasteiger partial charge on any atom is 0.250 e. The van der Waals surface area contributed by atoms with Crippen LogP contribution in [0.15, 0.2) is 36.7 Å². The molecule has 0 spiro atoms. The molecule has 96 valence electrons. The quantitative estimate of drug-likeness (QED) is 0.694. The van der Waals surface area contributed by atoms with E-state index in [1.165, 1.54) is 12.4 Å². The molecule has 19 heavy (non-hydrogen) atoms. The number of nitrogens with zero attached hydrogens (tertiary/aromatic N) is 2. The minimum atomic E-state index is -0.487. The SMILES string of the molecule is NC(=O)c1ccc(/C=C/C(=O)Nc2ncn[nH]2)cc1. The molecule has 0 aliphatic rings. The number of benzene rings is 1. The average Bonchev–Trinajstić information content (AvgIpc) is 2.89. The Labute approximate surface area is 108 Å². The first-order chi connectivity index (χ1) is 9.15. The molecule has 1 aromatic carbocycles. The molecule has 1 aromatic heterocycles. The molecule has 0 bridgehead atoms. The van der Waals surface area contributed by atoms with E-state index in [0.29, 0.717) is 5.56 Å². The van der Waals surface area contributed by atoms with Gasteiger partial charge < -0.3 is 5.73 Å². The Kier molecular flexibility index (Phi) is 3.67. The molecule has 0 aliphatic carbocycles. The van der Waals surface area contributed by atoms with Gasteiger partial charge in [0.2, 0.25) is 11.9 Å². The average molecular weight is 257 g/mol. The number of H-pyrrole nitrogens is 1. The minimum Gasteiger partial charge on any atom is -0.366 e. The lowest BCUT2D eigenvalue weighted by atomic mass is 10.1. The van der Waals surface area contributed by atoms with Crippen LogP contribution in [0.3, 0.4) is 0 Å². The Morgan fingerprint density at radius 1 is 1.26 bits per heavy atom. The number of carbonyl (C=O) groups is 2. The highest BCUT2D eigenvalue weighted by atomic mass is 16.1. The molecule has 4 N–H and O–H groups in total. The Bertz CT molecular complexity index is 602. The number of rotatable bonds is 4. The number of primary amides is 1. The van der Waals surface area contributed by atoms with E-state index in [1.807, 2.05) is 0 Å². The first-order valence-electron chi connectivity index (χ1n) is 5.39. The number of hydrogen-bond donors (Lipinski definition) is 3. The first kappa shape index (κ1) is 12.5. The normalized spacial score (nSPS) is 10.5. The van der Waals surface area contributed by atoms with Crippen molar-refractivity contribution in [2.24, 2.45) is 5.73 Å². The summed E-state index contributed by atoms with van der Waals surface area (Å²) in [7, 11) is 0.